The Bertz CT molecular complexity index is 2480. The van der Waals surface area contributed by atoms with Crippen LogP contribution in [0.25, 0.3) is 0 Å². The molecule has 0 aromatic heterocycles. The van der Waals surface area contributed by atoms with Gasteiger partial charge in [-0.25, -0.2) is 0 Å². The Balaban J connectivity index is 0.000000110. The Labute approximate surface area is 721 Å². The van der Waals surface area contributed by atoms with E-state index in [4.69, 9.17) is 0 Å². The first kappa shape index (κ1) is 92.7. The molecule has 8 unspecified atom stereocenters. The van der Waals surface area contributed by atoms with E-state index in [9.17, 15) is 0 Å². The highest BCUT2D eigenvalue weighted by atomic mass is 14.5. The van der Waals surface area contributed by atoms with Gasteiger partial charge in [0.1, 0.15) is 0 Å². The third-order valence-electron chi connectivity index (χ3n) is 40.9. The maximum absolute atomic E-state index is 2.47. The molecule has 32 fully saturated rings. The van der Waals surface area contributed by atoms with Crippen LogP contribution in [-0.2, 0) is 0 Å². The summed E-state index contributed by atoms with van der Waals surface area (Å²) < 4.78 is 0. The molecule has 16 atom stereocenters. The summed E-state index contributed by atoms with van der Waals surface area (Å²) in [4.78, 5) is 0. The van der Waals surface area contributed by atoms with E-state index in [-0.39, 0.29) is 0 Å². The van der Waals surface area contributed by atoms with Crippen LogP contribution in [0.3, 0.4) is 0 Å². The summed E-state index contributed by atoms with van der Waals surface area (Å²) in [5.41, 5.74) is 0. The topological polar surface area (TPSA) is 0 Å². The third kappa shape index (κ3) is 30.4. The standard InChI is InChI=1S/C13H24.2C12H22.2C11H20.3C9H16.2C8H14.C7H12.C6H10/c1-11-8-9-12-4-2-6-13(10-11)7-3-5-12;1-10-8-11-4-2-5-12(9-10)7-3-6-11;1-10-5-6-11-3-2-4-12(9-10)8-7-11;1-9-2-3-10-4-6-11(8-9)7-5-10;1-9-7-10-3-2-4-11(8-9)6-5-10;1-7-6-8-2-4-9(7)5-3-8;1-7-2-3-8-5-9(4-7)6-8;1-7-5-8-3-2-4-9(7)6-8;1-6-2-7-4-8(3-6)5-7;1-6-4-7-2-3-8(6)5-7;1-5-2-6-3-7(5)4-6;1-4-5-2-6(4)3-5/h11-13H,2-10H2,1H3;2*10-12H,2-9H2,1H3;2*9-11H,2-8H2,1H3;3*7-9H,2-6H2,1H3;2*6-8H,2-5H2,1H3;5-7H,2-4H2,1H3;4-6H,2-3H2,1H3/t11-,12?,13?;;10-,11?,12?;9-,10?,11?;;3*7-,8?,9?;;6-,7?,8?;5-,6?,7?;/m1.11.111.00./s1. The van der Waals surface area contributed by atoms with E-state index in [1.165, 1.54) is 185 Å². The molecule has 0 aromatic carbocycles. The van der Waals surface area contributed by atoms with E-state index in [1.54, 1.807) is 263 Å². The largest absolute Gasteiger partial charge is 0.0625 e. The Morgan fingerprint density at radius 3 is 0.591 bits per heavy atom. The van der Waals surface area contributed by atoms with Gasteiger partial charge in [-0.15, -0.1) is 0 Å². The fourth-order valence-corrected chi connectivity index (χ4v) is 32.9. The van der Waals surface area contributed by atoms with Gasteiger partial charge in [-0.2, -0.15) is 0 Å². The normalized spacial score (nSPS) is 48.1. The molecule has 0 N–H and O–H groups in total. The van der Waals surface area contributed by atoms with Crippen molar-refractivity contribution < 1.29 is 0 Å². The number of hydrogen-bond acceptors (Lipinski definition) is 0. The molecule has 0 heteroatoms. The zero-order valence-electron chi connectivity index (χ0n) is 80.2. The summed E-state index contributed by atoms with van der Waals surface area (Å²) in [7, 11) is 0. The molecule has 32 aliphatic carbocycles. The van der Waals surface area contributed by atoms with Crippen LogP contribution in [0.5, 0.6) is 0 Å². The summed E-state index contributed by atoms with van der Waals surface area (Å²) in [5, 5.41) is 0. The van der Waals surface area contributed by atoms with E-state index in [0.717, 1.165) is 195 Å². The molecule has 32 aliphatic rings. The van der Waals surface area contributed by atoms with Crippen LogP contribution in [0.1, 0.15) is 513 Å². The molecule has 24 bridgehead atoms. The van der Waals surface area contributed by atoms with Crippen LogP contribution in [0.4, 0.5) is 0 Å². The van der Waals surface area contributed by atoms with Gasteiger partial charge in [-0.1, -0.05) is 340 Å². The second kappa shape index (κ2) is 47.5. The van der Waals surface area contributed by atoms with E-state index in [1.807, 2.05) is 0 Å². The number of rotatable bonds is 0. The van der Waals surface area contributed by atoms with Gasteiger partial charge < -0.3 is 0 Å². The van der Waals surface area contributed by atoms with Crippen LogP contribution in [0.15, 0.2) is 0 Å². The first-order valence-corrected chi connectivity index (χ1v) is 55.7. The molecule has 666 valence electrons. The molecule has 0 saturated heterocycles. The fraction of sp³-hybridized carbons (Fsp3) is 1.00. The van der Waals surface area contributed by atoms with Crippen molar-refractivity contribution in [1.82, 2.24) is 0 Å². The van der Waals surface area contributed by atoms with E-state index >= 15 is 0 Å². The van der Waals surface area contributed by atoms with Gasteiger partial charge >= 0.3 is 0 Å². The highest BCUT2D eigenvalue weighted by molar-refractivity contribution is 4.99. The molecule has 0 spiro atoms. The summed E-state index contributed by atoms with van der Waals surface area (Å²) >= 11 is 0. The average Bonchev–Trinajstić information content (AvgIpc) is 1.73. The Hall–Kier alpha value is 0. The zero-order valence-corrected chi connectivity index (χ0v) is 80.2. The summed E-state index contributed by atoms with van der Waals surface area (Å²) in [6.45, 7) is 29.2. The van der Waals surface area contributed by atoms with Crippen LogP contribution in [-0.4, -0.2) is 0 Å². The van der Waals surface area contributed by atoms with Crippen molar-refractivity contribution in [3.05, 3.63) is 0 Å². The smallest absolute Gasteiger partial charge is 0.0380 e. The van der Waals surface area contributed by atoms with Crippen LogP contribution >= 0.6 is 0 Å². The Morgan fingerprint density at radius 1 is 0.104 bits per heavy atom. The molecule has 115 heavy (non-hydrogen) atoms. The lowest BCUT2D eigenvalue weighted by Crippen LogP contribution is -2.48. The van der Waals surface area contributed by atoms with Gasteiger partial charge in [-0.05, 0) is 386 Å². The molecular weight excluding hydrogens is 1380 g/mol. The van der Waals surface area contributed by atoms with Gasteiger partial charge in [0.25, 0.3) is 0 Å². The minimum Gasteiger partial charge on any atom is -0.0625 e. The predicted molar refractivity (Wildman–Crippen MR) is 503 cm³/mol. The molecule has 0 aliphatic heterocycles. The molecule has 0 nitrogen and oxygen atoms in total. The quantitative estimate of drug-likeness (QED) is 0.227. The van der Waals surface area contributed by atoms with Crippen molar-refractivity contribution in [1.29, 1.82) is 0 Å². The molecule has 0 aromatic rings. The monoisotopic (exact) mass is 1590 g/mol. The van der Waals surface area contributed by atoms with E-state index < -0.39 is 0 Å². The number of hydrogen-bond donors (Lipinski definition) is 0. The van der Waals surface area contributed by atoms with Crippen molar-refractivity contribution in [2.75, 3.05) is 0 Å². The maximum Gasteiger partial charge on any atom is -0.0380 e. The minimum atomic E-state index is 1.02. The van der Waals surface area contributed by atoms with Gasteiger partial charge in [0, 0.05) is 0 Å². The molecule has 32 rings (SSSR count). The highest BCUT2D eigenvalue weighted by Gasteiger charge is 2.49. The second-order valence-corrected chi connectivity index (χ2v) is 51.2. The fourth-order valence-electron chi connectivity index (χ4n) is 32.9. The second-order valence-electron chi connectivity index (χ2n) is 51.2. The third-order valence-corrected chi connectivity index (χ3v) is 40.9. The van der Waals surface area contributed by atoms with Crippen molar-refractivity contribution >= 4 is 0 Å². The van der Waals surface area contributed by atoms with Crippen LogP contribution < -0.4 is 0 Å². The zero-order chi connectivity index (χ0) is 80.2. The first-order valence-electron chi connectivity index (χ1n) is 55.7. The van der Waals surface area contributed by atoms with Crippen LogP contribution in [0.2, 0.25) is 0 Å². The minimum absolute atomic E-state index is 1.02. The first-order chi connectivity index (χ1) is 55.7. The molecule has 0 amide bonds. The number of fused-ring (bicyclic) bond motifs is 37. The highest BCUT2D eigenvalue weighted by Crippen LogP contribution is 2.58. The van der Waals surface area contributed by atoms with Gasteiger partial charge in [0.2, 0.25) is 0 Å². The molecular formula is C115H206. The Kier molecular flexibility index (Phi) is 38.3. The summed E-state index contributed by atoms with van der Waals surface area (Å²) in [6.07, 6.45) is 103. The van der Waals surface area contributed by atoms with E-state index in [2.05, 4.69) is 83.1 Å². The lowest BCUT2D eigenvalue weighted by molar-refractivity contribution is -0.0673. The van der Waals surface area contributed by atoms with Gasteiger partial charge in [-0.3, -0.25) is 0 Å². The van der Waals surface area contributed by atoms with Gasteiger partial charge in [0.05, 0.1) is 0 Å². The van der Waals surface area contributed by atoms with Crippen molar-refractivity contribution in [3.63, 3.8) is 0 Å². The van der Waals surface area contributed by atoms with Crippen LogP contribution in [0, 0.1) is 213 Å². The maximum atomic E-state index is 2.47. The van der Waals surface area contributed by atoms with Gasteiger partial charge in [0.15, 0.2) is 0 Å². The molecule has 0 radical (unpaired) electrons. The SMILES string of the molecule is CC1C2CC1C2.CC1CC2CC(C1)C2.CC1CC2CCCC(CC2)C1.CC1CC2CCCC(CCC2)C1.C[C@@H]1CC2CCC1CC2.C[C@@H]1CC2CCCC1C2.C[C@@H]1CCC2CC(C2)C1.C[C@@H]1CCC2CCC(CC2)C1.C[C@@H]1CCC2CCCC(CC2)C1.C[C@@H]1CCC2CCCC(CCC2)C1.C[C@H]1CC2CC1C2.C[C@H]1CC2CCC1C2. The van der Waals surface area contributed by atoms with E-state index in [0.29, 0.717) is 0 Å². The lowest BCUT2D eigenvalue weighted by Gasteiger charge is -2.56. The van der Waals surface area contributed by atoms with Crippen molar-refractivity contribution in [2.45, 2.75) is 513 Å². The molecule has 32 saturated carbocycles. The molecule has 0 heterocycles. The summed E-state index contributed by atoms with van der Waals surface area (Å²) in [5.74, 6) is 39.8. The lowest BCUT2D eigenvalue weighted by atomic mass is 9.49. The summed E-state index contributed by atoms with van der Waals surface area (Å²) in [6, 6.07) is 0. The van der Waals surface area contributed by atoms with Crippen molar-refractivity contribution in [3.8, 4) is 0 Å². The van der Waals surface area contributed by atoms with Crippen molar-refractivity contribution in [2.24, 2.45) is 213 Å². The average molecular weight is 1590 g/mol. The predicted octanol–water partition coefficient (Wildman–Crippen LogP) is 36.7. The Morgan fingerprint density at radius 2 is 0.296 bits per heavy atom.